The summed E-state index contributed by atoms with van der Waals surface area (Å²) in [4.78, 5) is 30.3. The molecule has 0 radical (unpaired) electrons. The van der Waals surface area contributed by atoms with Gasteiger partial charge in [-0.15, -0.1) is 0 Å². The minimum Gasteiger partial charge on any atom is -0.462 e. The molecule has 5 fully saturated rings. The lowest BCUT2D eigenvalue weighted by molar-refractivity contribution is -0.321. The summed E-state index contributed by atoms with van der Waals surface area (Å²) < 4.78 is 50.0. The molecule has 0 aromatic rings. The number of aliphatic hydroxyl groups is 1. The topological polar surface area (TPSA) is 131 Å². The summed E-state index contributed by atoms with van der Waals surface area (Å²) in [5.41, 5.74) is 0.0103. The number of carbonyl (C=O) groups excluding carboxylic acids is 2. The Bertz CT molecular complexity index is 1340. The number of allylic oxidation sites excluding steroid dienone is 2. The van der Waals surface area contributed by atoms with Crippen LogP contribution in [-0.2, 0) is 47.5 Å². The molecule has 0 bridgehead atoms. The zero-order chi connectivity index (χ0) is 39.8. The Kier molecular flexibility index (Phi) is 14.7. The highest BCUT2D eigenvalue weighted by molar-refractivity contribution is 9.09. The molecular weight excluding hydrogens is 774 g/mol. The molecule has 3 saturated heterocycles. The van der Waals surface area contributed by atoms with Crippen LogP contribution in [0.4, 0.5) is 0 Å². The third-order valence-electron chi connectivity index (χ3n) is 14.4. The van der Waals surface area contributed by atoms with Crippen molar-refractivity contribution >= 4 is 27.7 Å². The molecule has 0 spiro atoms. The second-order valence-electron chi connectivity index (χ2n) is 17.4. The fourth-order valence-electron chi connectivity index (χ4n) is 11.2. The van der Waals surface area contributed by atoms with E-state index in [-0.39, 0.29) is 77.4 Å². The SMILES string of the molecule is CC[C@H]1CCC[C@H](O[C@H]2CC[C@H](N(C)C)C(C)O2)[C@@H](C)C(=O)C2=C[C@H]3[C@@H]4C[C@H](O[C@@H]5OC[C@](CC)(OC)C(OC)C5OC)C[C@H]4C(O)C(Br)[C@H]3[C@@H]2CC(=O)O1. The monoisotopic (exact) mass is 841 g/mol. The summed E-state index contributed by atoms with van der Waals surface area (Å²) in [6.45, 7) is 8.46. The minimum absolute atomic E-state index is 0.0103. The number of ether oxygens (including phenoxy) is 8. The number of ketones is 1. The van der Waals surface area contributed by atoms with Crippen molar-refractivity contribution in [3.05, 3.63) is 11.6 Å². The van der Waals surface area contributed by atoms with Crippen LogP contribution in [-0.4, -0.2) is 136 Å². The number of aliphatic hydroxyl groups excluding tert-OH is 1. The van der Waals surface area contributed by atoms with Gasteiger partial charge in [0.25, 0.3) is 0 Å². The van der Waals surface area contributed by atoms with E-state index in [2.05, 4.69) is 47.9 Å². The van der Waals surface area contributed by atoms with Crippen molar-refractivity contribution in [1.29, 1.82) is 0 Å². The molecule has 3 aliphatic carbocycles. The number of fused-ring (bicyclic) bond motifs is 5. The number of carbonyl (C=O) groups is 2. The van der Waals surface area contributed by atoms with Crippen LogP contribution in [0.2, 0.25) is 0 Å². The average Bonchev–Trinajstić information content (AvgIpc) is 3.76. The molecule has 0 aromatic carbocycles. The highest BCUT2D eigenvalue weighted by Gasteiger charge is 2.59. The van der Waals surface area contributed by atoms with Crippen molar-refractivity contribution < 1.29 is 52.6 Å². The van der Waals surface area contributed by atoms with Crippen LogP contribution >= 0.6 is 15.9 Å². The first-order chi connectivity index (χ1) is 26.3. The maximum atomic E-state index is 14.8. The number of alkyl halides is 1. The first-order valence-corrected chi connectivity index (χ1v) is 21.8. The second kappa shape index (κ2) is 18.5. The number of Topliss-reactive ketones (excluding diaryl/α,β-unsaturated/α-hetero) is 1. The van der Waals surface area contributed by atoms with E-state index >= 15 is 0 Å². The molecule has 6 aliphatic rings. The molecule has 314 valence electrons. The van der Waals surface area contributed by atoms with Gasteiger partial charge in [0.1, 0.15) is 23.9 Å². The maximum absolute atomic E-state index is 14.8. The van der Waals surface area contributed by atoms with Crippen LogP contribution < -0.4 is 0 Å². The first-order valence-electron chi connectivity index (χ1n) is 20.9. The van der Waals surface area contributed by atoms with E-state index in [9.17, 15) is 14.7 Å². The van der Waals surface area contributed by atoms with Gasteiger partial charge in [-0.25, -0.2) is 0 Å². The van der Waals surface area contributed by atoms with E-state index < -0.39 is 42.0 Å². The van der Waals surface area contributed by atoms with E-state index in [1.54, 1.807) is 21.3 Å². The molecule has 3 heterocycles. The van der Waals surface area contributed by atoms with E-state index in [4.69, 9.17) is 37.9 Å². The van der Waals surface area contributed by atoms with Gasteiger partial charge in [0.2, 0.25) is 0 Å². The maximum Gasteiger partial charge on any atom is 0.306 e. The molecule has 3 aliphatic heterocycles. The molecule has 13 heteroatoms. The van der Waals surface area contributed by atoms with Crippen LogP contribution in [0.25, 0.3) is 0 Å². The van der Waals surface area contributed by atoms with Crippen LogP contribution in [0.3, 0.4) is 0 Å². The van der Waals surface area contributed by atoms with E-state index in [0.29, 0.717) is 50.3 Å². The van der Waals surface area contributed by atoms with Gasteiger partial charge in [0, 0.05) is 44.0 Å². The van der Waals surface area contributed by atoms with Gasteiger partial charge in [-0.2, -0.15) is 0 Å². The van der Waals surface area contributed by atoms with Gasteiger partial charge in [0.05, 0.1) is 37.4 Å². The highest BCUT2D eigenvalue weighted by Crippen LogP contribution is 2.58. The molecule has 0 amide bonds. The average molecular weight is 843 g/mol. The smallest absolute Gasteiger partial charge is 0.306 e. The second-order valence-corrected chi connectivity index (χ2v) is 18.5. The number of rotatable bonds is 10. The molecule has 18 atom stereocenters. The zero-order valence-electron chi connectivity index (χ0n) is 34.5. The normalized spacial score (nSPS) is 46.9. The number of hydrogen-bond donors (Lipinski definition) is 1. The quantitative estimate of drug-likeness (QED) is 0.222. The molecule has 2 saturated carbocycles. The van der Waals surface area contributed by atoms with E-state index in [0.717, 1.165) is 25.7 Å². The molecule has 1 N–H and O–H groups in total. The van der Waals surface area contributed by atoms with Crippen LogP contribution in [0, 0.1) is 35.5 Å². The highest BCUT2D eigenvalue weighted by atomic mass is 79.9. The number of nitrogens with zero attached hydrogens (tertiary/aromatic N) is 1. The summed E-state index contributed by atoms with van der Waals surface area (Å²) in [5.74, 6) is -1.32. The van der Waals surface area contributed by atoms with Crippen LogP contribution in [0.15, 0.2) is 11.6 Å². The van der Waals surface area contributed by atoms with Crippen molar-refractivity contribution in [1.82, 2.24) is 4.90 Å². The third-order valence-corrected chi connectivity index (χ3v) is 15.5. The van der Waals surface area contributed by atoms with Crippen molar-refractivity contribution in [2.75, 3.05) is 42.0 Å². The Labute approximate surface area is 337 Å². The summed E-state index contributed by atoms with van der Waals surface area (Å²) in [7, 11) is 9.11. The third kappa shape index (κ3) is 8.68. The Morgan fingerprint density at radius 3 is 2.38 bits per heavy atom. The van der Waals surface area contributed by atoms with Gasteiger partial charge in [-0.3, -0.25) is 9.59 Å². The van der Waals surface area contributed by atoms with Gasteiger partial charge >= 0.3 is 5.97 Å². The summed E-state index contributed by atoms with van der Waals surface area (Å²) in [6, 6.07) is 0.315. The first kappa shape index (κ1) is 43.6. The molecule has 6 rings (SSSR count). The Hall–Kier alpha value is -1.00. The van der Waals surface area contributed by atoms with Gasteiger partial charge in [-0.05, 0) is 108 Å². The molecular formula is C42H68BrNO11. The number of cyclic esters (lactones) is 1. The number of halogens is 1. The summed E-state index contributed by atoms with van der Waals surface area (Å²) in [5, 5.41) is 11.9. The van der Waals surface area contributed by atoms with Gasteiger partial charge < -0.3 is 47.9 Å². The standard InChI is InChI=1S/C42H68BrNO11/c1-10-24-13-12-14-32(55-34-16-15-31(44(5)6)23(4)52-34)22(3)37(46)30-19-27-26-17-25(18-29(26)38(47)36(43)35(27)28(30)20-33(45)53-24)54-41-39(48-7)40(49-8)42(11-2,50-9)21-51-41/h19,22-29,31-32,34-36,38-41,47H,10-18,20-21H2,1-9H3/t22-,23?,24+,25+,26+,27+,28-,29-,31+,32+,34+,35-,36?,38?,39?,40?,41+,42+/m1/s1. The van der Waals surface area contributed by atoms with E-state index in [1.807, 2.05) is 20.8 Å². The van der Waals surface area contributed by atoms with Crippen molar-refractivity contribution in [3.63, 3.8) is 0 Å². The Morgan fingerprint density at radius 2 is 1.75 bits per heavy atom. The van der Waals surface area contributed by atoms with E-state index in [1.165, 1.54) is 0 Å². The fourth-order valence-corrected chi connectivity index (χ4v) is 12.3. The lowest BCUT2D eigenvalue weighted by Crippen LogP contribution is -2.63. The lowest BCUT2D eigenvalue weighted by Gasteiger charge is -2.48. The van der Waals surface area contributed by atoms with Gasteiger partial charge in [-0.1, -0.05) is 42.8 Å². The Morgan fingerprint density at radius 1 is 1.00 bits per heavy atom. The Balaban J connectivity index is 1.24. The molecule has 55 heavy (non-hydrogen) atoms. The zero-order valence-corrected chi connectivity index (χ0v) is 36.1. The minimum atomic E-state index is -0.688. The van der Waals surface area contributed by atoms with Crippen molar-refractivity contribution in [2.24, 2.45) is 35.5 Å². The largest absolute Gasteiger partial charge is 0.462 e. The van der Waals surface area contributed by atoms with Crippen molar-refractivity contribution in [2.45, 2.75) is 164 Å². The van der Waals surface area contributed by atoms with Gasteiger partial charge in [0.15, 0.2) is 18.4 Å². The lowest BCUT2D eigenvalue weighted by atomic mass is 9.65. The van der Waals surface area contributed by atoms with Crippen LogP contribution in [0.5, 0.6) is 0 Å². The number of methoxy groups -OCH3 is 3. The summed E-state index contributed by atoms with van der Waals surface area (Å²) in [6.07, 6.45) is 5.42. The summed E-state index contributed by atoms with van der Waals surface area (Å²) >= 11 is 3.92. The molecule has 5 unspecified atom stereocenters. The number of esters is 1. The van der Waals surface area contributed by atoms with Crippen LogP contribution in [0.1, 0.15) is 91.9 Å². The number of likely N-dealkylation sites (N-methyl/N-ethyl adjacent to an activating group) is 1. The molecule has 12 nitrogen and oxygen atoms in total. The predicted octanol–water partition coefficient (Wildman–Crippen LogP) is 5.45. The number of hydrogen-bond acceptors (Lipinski definition) is 12. The molecule has 0 aromatic heterocycles. The fraction of sp³-hybridized carbons (Fsp3) is 0.905. The predicted molar refractivity (Wildman–Crippen MR) is 208 cm³/mol. The van der Waals surface area contributed by atoms with Crippen molar-refractivity contribution in [3.8, 4) is 0 Å².